The molecule has 2 fully saturated rings. The summed E-state index contributed by atoms with van der Waals surface area (Å²) in [6.07, 6.45) is 3.37. The first-order chi connectivity index (χ1) is 10.2. The molecule has 3 rings (SSSR count). The van der Waals surface area contributed by atoms with E-state index in [1.165, 1.54) is 12.0 Å². The van der Waals surface area contributed by atoms with Crippen molar-refractivity contribution in [3.8, 4) is 5.75 Å². The molecule has 4 heteroatoms. The smallest absolute Gasteiger partial charge is 0.118 e. The predicted octanol–water partition coefficient (Wildman–Crippen LogP) is 3.02. The van der Waals surface area contributed by atoms with Crippen molar-refractivity contribution >= 4 is 0 Å². The number of rotatable bonds is 4. The van der Waals surface area contributed by atoms with E-state index in [0.29, 0.717) is 12.5 Å². The summed E-state index contributed by atoms with van der Waals surface area (Å²) in [4.78, 5) is 5.91. The lowest BCUT2D eigenvalue weighted by Gasteiger charge is -2.38. The molecule has 4 nitrogen and oxygen atoms in total. The summed E-state index contributed by atoms with van der Waals surface area (Å²) < 4.78 is 11.2. The van der Waals surface area contributed by atoms with Crippen molar-refractivity contribution in [3.63, 3.8) is 0 Å². The maximum Gasteiger partial charge on any atom is 0.118 e. The van der Waals surface area contributed by atoms with Gasteiger partial charge in [0.1, 0.15) is 5.75 Å². The third-order valence-corrected chi connectivity index (χ3v) is 4.60. The molecule has 1 spiro atoms. The summed E-state index contributed by atoms with van der Waals surface area (Å²) in [6, 6.07) is 8.04. The first-order valence-electron chi connectivity index (χ1n) is 7.84. The zero-order valence-corrected chi connectivity index (χ0v) is 13.0. The molecule has 2 aliphatic heterocycles. The van der Waals surface area contributed by atoms with Gasteiger partial charge < -0.3 is 9.47 Å². The number of hydroxylamine groups is 2. The average Bonchev–Trinajstić information content (AvgIpc) is 2.88. The lowest BCUT2D eigenvalue weighted by Crippen LogP contribution is -2.43. The van der Waals surface area contributed by atoms with E-state index in [2.05, 4.69) is 12.0 Å². The third kappa shape index (κ3) is 3.57. The number of piperidine rings is 1. The first-order valence-corrected chi connectivity index (χ1v) is 7.84. The highest BCUT2D eigenvalue weighted by Gasteiger charge is 2.41. The normalized spacial score (nSPS) is 25.3. The molecule has 0 saturated carbocycles. The fraction of sp³-hybridized carbons (Fsp3) is 0.647. The van der Waals surface area contributed by atoms with Crippen LogP contribution in [0.2, 0.25) is 0 Å². The standard InChI is InChI=1S/C17H25NO3/c1-14-11-17(20-12-14)7-9-18(10-8-17)21-13-15-3-5-16(19-2)6-4-15/h3-6,14H,7-13H2,1-2H3. The van der Waals surface area contributed by atoms with E-state index in [-0.39, 0.29) is 5.60 Å². The average molecular weight is 291 g/mol. The number of benzene rings is 1. The van der Waals surface area contributed by atoms with E-state index in [9.17, 15) is 0 Å². The van der Waals surface area contributed by atoms with Gasteiger partial charge in [0.15, 0.2) is 0 Å². The van der Waals surface area contributed by atoms with E-state index in [1.54, 1.807) is 7.11 Å². The number of hydrogen-bond donors (Lipinski definition) is 0. The van der Waals surface area contributed by atoms with Gasteiger partial charge in [0.2, 0.25) is 0 Å². The number of nitrogens with zero attached hydrogens (tertiary/aromatic N) is 1. The molecule has 0 radical (unpaired) electrons. The van der Waals surface area contributed by atoms with Crippen molar-refractivity contribution in [2.45, 2.75) is 38.4 Å². The number of ether oxygens (including phenoxy) is 2. The van der Waals surface area contributed by atoms with Crippen LogP contribution >= 0.6 is 0 Å². The minimum Gasteiger partial charge on any atom is -0.497 e. The van der Waals surface area contributed by atoms with Crippen molar-refractivity contribution in [2.75, 3.05) is 26.8 Å². The highest BCUT2D eigenvalue weighted by Crippen LogP contribution is 2.38. The summed E-state index contributed by atoms with van der Waals surface area (Å²) in [5.41, 5.74) is 1.31. The van der Waals surface area contributed by atoms with Gasteiger partial charge in [0, 0.05) is 19.7 Å². The quantitative estimate of drug-likeness (QED) is 0.853. The van der Waals surface area contributed by atoms with E-state index < -0.39 is 0 Å². The molecule has 2 aliphatic rings. The van der Waals surface area contributed by atoms with Gasteiger partial charge in [0.25, 0.3) is 0 Å². The number of hydrogen-bond acceptors (Lipinski definition) is 4. The van der Waals surface area contributed by atoms with E-state index in [0.717, 1.165) is 38.3 Å². The van der Waals surface area contributed by atoms with Crippen LogP contribution in [-0.2, 0) is 16.2 Å². The van der Waals surface area contributed by atoms with Gasteiger partial charge in [-0.25, -0.2) is 0 Å². The predicted molar refractivity (Wildman–Crippen MR) is 81.1 cm³/mol. The van der Waals surface area contributed by atoms with Crippen LogP contribution in [-0.4, -0.2) is 37.5 Å². The van der Waals surface area contributed by atoms with E-state index >= 15 is 0 Å². The topological polar surface area (TPSA) is 30.9 Å². The Kier molecular flexibility index (Phi) is 4.48. The second kappa shape index (κ2) is 6.34. The van der Waals surface area contributed by atoms with Crippen LogP contribution in [0.5, 0.6) is 5.75 Å². The van der Waals surface area contributed by atoms with Crippen LogP contribution in [0.4, 0.5) is 0 Å². The summed E-state index contributed by atoms with van der Waals surface area (Å²) in [5, 5.41) is 2.09. The van der Waals surface area contributed by atoms with E-state index in [1.807, 2.05) is 24.3 Å². The summed E-state index contributed by atoms with van der Waals surface area (Å²) in [6.45, 7) is 5.74. The molecule has 21 heavy (non-hydrogen) atoms. The van der Waals surface area contributed by atoms with Crippen LogP contribution in [0.25, 0.3) is 0 Å². The molecule has 1 aromatic rings. The molecular weight excluding hydrogens is 266 g/mol. The Morgan fingerprint density at radius 3 is 2.52 bits per heavy atom. The van der Waals surface area contributed by atoms with Gasteiger partial charge in [-0.3, -0.25) is 4.84 Å². The highest BCUT2D eigenvalue weighted by atomic mass is 16.7. The van der Waals surface area contributed by atoms with Crippen LogP contribution in [0.3, 0.4) is 0 Å². The van der Waals surface area contributed by atoms with Crippen molar-refractivity contribution < 1.29 is 14.3 Å². The summed E-state index contributed by atoms with van der Waals surface area (Å²) in [7, 11) is 1.68. The Balaban J connectivity index is 1.45. The van der Waals surface area contributed by atoms with Crippen molar-refractivity contribution in [1.82, 2.24) is 5.06 Å². The lowest BCUT2D eigenvalue weighted by atomic mass is 9.86. The van der Waals surface area contributed by atoms with Gasteiger partial charge in [-0.05, 0) is 42.9 Å². The summed E-state index contributed by atoms with van der Waals surface area (Å²) >= 11 is 0. The Hall–Kier alpha value is -1.10. The second-order valence-electron chi connectivity index (χ2n) is 6.35. The Morgan fingerprint density at radius 1 is 1.24 bits per heavy atom. The molecule has 1 aromatic carbocycles. The molecule has 116 valence electrons. The van der Waals surface area contributed by atoms with Crippen LogP contribution in [0.1, 0.15) is 31.7 Å². The molecule has 0 amide bonds. The highest BCUT2D eigenvalue weighted by molar-refractivity contribution is 5.26. The van der Waals surface area contributed by atoms with Crippen LogP contribution in [0.15, 0.2) is 24.3 Å². The Bertz CT molecular complexity index is 452. The molecule has 2 saturated heterocycles. The zero-order chi connectivity index (χ0) is 14.7. The molecule has 0 bridgehead atoms. The van der Waals surface area contributed by atoms with Gasteiger partial charge >= 0.3 is 0 Å². The second-order valence-corrected chi connectivity index (χ2v) is 6.35. The number of methoxy groups -OCH3 is 1. The molecule has 0 N–H and O–H groups in total. The molecular formula is C17H25NO3. The first kappa shape index (κ1) is 14.8. The maximum absolute atomic E-state index is 6.03. The van der Waals surface area contributed by atoms with Crippen molar-refractivity contribution in [1.29, 1.82) is 0 Å². The van der Waals surface area contributed by atoms with Crippen molar-refractivity contribution in [3.05, 3.63) is 29.8 Å². The molecule has 1 unspecified atom stereocenters. The largest absolute Gasteiger partial charge is 0.497 e. The monoisotopic (exact) mass is 291 g/mol. The van der Waals surface area contributed by atoms with Gasteiger partial charge in [0.05, 0.1) is 19.3 Å². The van der Waals surface area contributed by atoms with Gasteiger partial charge in [-0.2, -0.15) is 5.06 Å². The molecule has 0 aliphatic carbocycles. The third-order valence-electron chi connectivity index (χ3n) is 4.60. The van der Waals surface area contributed by atoms with E-state index in [4.69, 9.17) is 14.3 Å². The minimum atomic E-state index is 0.138. The fourth-order valence-electron chi connectivity index (χ4n) is 3.33. The van der Waals surface area contributed by atoms with Gasteiger partial charge in [-0.1, -0.05) is 19.1 Å². The fourth-order valence-corrected chi connectivity index (χ4v) is 3.33. The zero-order valence-electron chi connectivity index (χ0n) is 13.0. The summed E-state index contributed by atoms with van der Waals surface area (Å²) in [5.74, 6) is 1.59. The molecule has 2 heterocycles. The van der Waals surface area contributed by atoms with Crippen molar-refractivity contribution in [2.24, 2.45) is 5.92 Å². The maximum atomic E-state index is 6.03. The SMILES string of the molecule is COc1ccc(CON2CCC3(CC2)CC(C)CO3)cc1. The lowest BCUT2D eigenvalue weighted by molar-refractivity contribution is -0.203. The Labute approximate surface area is 126 Å². The van der Waals surface area contributed by atoms with Gasteiger partial charge in [-0.15, -0.1) is 0 Å². The molecule has 1 atom stereocenters. The minimum absolute atomic E-state index is 0.138. The molecule has 0 aromatic heterocycles. The van der Waals surface area contributed by atoms with Crippen LogP contribution < -0.4 is 4.74 Å². The van der Waals surface area contributed by atoms with Crippen LogP contribution in [0, 0.1) is 5.92 Å². The Morgan fingerprint density at radius 2 is 1.95 bits per heavy atom.